The number of aliphatic imine (C=N–C) groups is 1. The van der Waals surface area contributed by atoms with E-state index in [1.54, 1.807) is 12.1 Å². The number of amidine groups is 1. The first-order valence-corrected chi connectivity index (χ1v) is 10.8. The summed E-state index contributed by atoms with van der Waals surface area (Å²) in [6.45, 7) is 3.66. The molecule has 0 saturated heterocycles. The third-order valence-electron chi connectivity index (χ3n) is 4.56. The van der Waals surface area contributed by atoms with Gasteiger partial charge in [0.1, 0.15) is 11.7 Å². The summed E-state index contributed by atoms with van der Waals surface area (Å²) in [5, 5.41) is 10.1. The molecule has 1 aliphatic rings. The number of aliphatic hydroxyl groups excluding tert-OH is 1. The van der Waals surface area contributed by atoms with Crippen LogP contribution in [0.2, 0.25) is 0 Å². The Kier molecular flexibility index (Phi) is 6.95. The number of nitrogens with zero attached hydrogens (tertiary/aromatic N) is 2. The molecule has 0 aromatic heterocycles. The molecular weight excluding hydrogens is 367 g/mol. The first-order chi connectivity index (χ1) is 12.6. The first-order valence-electron chi connectivity index (χ1n) is 8.97. The molecule has 1 aromatic rings. The normalized spacial score (nSPS) is 21.0. The van der Waals surface area contributed by atoms with Crippen molar-refractivity contribution in [1.29, 1.82) is 0 Å². The number of aliphatic hydroxyl groups is 1. The molecule has 0 amide bonds. The van der Waals surface area contributed by atoms with E-state index >= 15 is 0 Å². The topological polar surface area (TPSA) is 70.0 Å². The third-order valence-corrected chi connectivity index (χ3v) is 5.76. The Balaban J connectivity index is 2.68. The predicted octanol–water partition coefficient (Wildman–Crippen LogP) is 3.59. The Bertz CT molecular complexity index is 869. The standard InChI is InChI=1S/C20H27FN2O3S/c1-14(2)20-18(13-24)17(15-9-11-16(21)12-10-15)7-5-6-8-19(22-20)23(3)27(4,25)26/h7,9-12,14,24H,5-6,8,13H2,1-4H3/b17-7-,20-18-,22-19?. The molecule has 0 spiro atoms. The van der Waals surface area contributed by atoms with Crippen molar-refractivity contribution in [3.05, 3.63) is 53.0 Å². The van der Waals surface area contributed by atoms with E-state index in [1.165, 1.54) is 23.5 Å². The van der Waals surface area contributed by atoms with Gasteiger partial charge in [-0.25, -0.2) is 17.8 Å². The summed E-state index contributed by atoms with van der Waals surface area (Å²) in [7, 11) is -1.93. The van der Waals surface area contributed by atoms with E-state index in [9.17, 15) is 17.9 Å². The van der Waals surface area contributed by atoms with E-state index < -0.39 is 10.0 Å². The van der Waals surface area contributed by atoms with Gasteiger partial charge in [-0.2, -0.15) is 0 Å². The maximum atomic E-state index is 13.3. The SMILES string of the molecule is CC(C)/C1=C(CO)/C(c2ccc(F)cc2)=C\CCCC(N(C)S(C)(=O)=O)=N1. The third kappa shape index (κ3) is 5.26. The van der Waals surface area contributed by atoms with E-state index in [-0.39, 0.29) is 18.3 Å². The average Bonchev–Trinajstić information content (AvgIpc) is 2.69. The van der Waals surface area contributed by atoms with E-state index in [2.05, 4.69) is 4.99 Å². The molecular formula is C20H27FN2O3S. The highest BCUT2D eigenvalue weighted by atomic mass is 32.2. The zero-order valence-corrected chi connectivity index (χ0v) is 17.1. The van der Waals surface area contributed by atoms with Gasteiger partial charge in [-0.1, -0.05) is 32.1 Å². The number of halogens is 1. The van der Waals surface area contributed by atoms with Gasteiger partial charge in [-0.3, -0.25) is 4.31 Å². The van der Waals surface area contributed by atoms with Crippen LogP contribution >= 0.6 is 0 Å². The quantitative estimate of drug-likeness (QED) is 0.848. The van der Waals surface area contributed by atoms with Gasteiger partial charge in [0.2, 0.25) is 10.0 Å². The molecule has 1 N–H and O–H groups in total. The molecule has 27 heavy (non-hydrogen) atoms. The lowest BCUT2D eigenvalue weighted by Gasteiger charge is -2.21. The van der Waals surface area contributed by atoms with Crippen molar-refractivity contribution in [3.63, 3.8) is 0 Å². The molecule has 148 valence electrons. The Hall–Kier alpha value is -1.99. The van der Waals surface area contributed by atoms with Crippen molar-refractivity contribution >= 4 is 21.4 Å². The summed E-state index contributed by atoms with van der Waals surface area (Å²) >= 11 is 0. The maximum absolute atomic E-state index is 13.3. The van der Waals surface area contributed by atoms with E-state index in [1.807, 2.05) is 19.9 Å². The molecule has 1 aliphatic heterocycles. The molecule has 0 aliphatic carbocycles. The van der Waals surface area contributed by atoms with Gasteiger partial charge in [0.25, 0.3) is 0 Å². The second kappa shape index (κ2) is 8.80. The summed E-state index contributed by atoms with van der Waals surface area (Å²) in [5.74, 6) is 0.106. The van der Waals surface area contributed by atoms with Crippen LogP contribution in [0.4, 0.5) is 4.39 Å². The van der Waals surface area contributed by atoms with Crippen LogP contribution in [0.3, 0.4) is 0 Å². The van der Waals surface area contributed by atoms with Crippen LogP contribution in [-0.4, -0.2) is 43.6 Å². The Morgan fingerprint density at radius 1 is 1.26 bits per heavy atom. The van der Waals surface area contributed by atoms with Crippen LogP contribution in [0.1, 0.15) is 38.7 Å². The summed E-state index contributed by atoms with van der Waals surface area (Å²) in [5.41, 5.74) is 2.89. The largest absolute Gasteiger partial charge is 0.392 e. The molecule has 5 nitrogen and oxygen atoms in total. The summed E-state index contributed by atoms with van der Waals surface area (Å²) in [4.78, 5) is 4.68. The molecule has 0 bridgehead atoms. The Morgan fingerprint density at radius 3 is 2.41 bits per heavy atom. The molecule has 0 unspecified atom stereocenters. The number of hydrogen-bond acceptors (Lipinski definition) is 4. The van der Waals surface area contributed by atoms with Gasteiger partial charge < -0.3 is 5.11 Å². The monoisotopic (exact) mass is 394 g/mol. The van der Waals surface area contributed by atoms with Crippen LogP contribution in [0, 0.1) is 11.7 Å². The molecule has 1 aromatic carbocycles. The number of benzene rings is 1. The molecule has 0 fully saturated rings. The van der Waals surface area contributed by atoms with Crippen LogP contribution in [0.15, 0.2) is 46.6 Å². The van der Waals surface area contributed by atoms with Crippen LogP contribution in [0.25, 0.3) is 5.57 Å². The van der Waals surface area contributed by atoms with Gasteiger partial charge in [0.15, 0.2) is 0 Å². The summed E-state index contributed by atoms with van der Waals surface area (Å²) < 4.78 is 38.5. The van der Waals surface area contributed by atoms with Gasteiger partial charge >= 0.3 is 0 Å². The van der Waals surface area contributed by atoms with Crippen LogP contribution in [-0.2, 0) is 10.0 Å². The van der Waals surface area contributed by atoms with E-state index in [4.69, 9.17) is 0 Å². The van der Waals surface area contributed by atoms with Gasteiger partial charge in [-0.15, -0.1) is 0 Å². The molecule has 1 heterocycles. The van der Waals surface area contributed by atoms with Crippen LogP contribution in [0.5, 0.6) is 0 Å². The van der Waals surface area contributed by atoms with Crippen molar-refractivity contribution in [2.45, 2.75) is 33.1 Å². The van der Waals surface area contributed by atoms with Crippen molar-refractivity contribution in [2.75, 3.05) is 19.9 Å². The highest BCUT2D eigenvalue weighted by molar-refractivity contribution is 7.88. The molecule has 7 heteroatoms. The lowest BCUT2D eigenvalue weighted by atomic mass is 9.92. The Labute approximate surface area is 161 Å². The van der Waals surface area contributed by atoms with Gasteiger partial charge in [0.05, 0.1) is 18.6 Å². The van der Waals surface area contributed by atoms with Gasteiger partial charge in [-0.05, 0) is 42.0 Å². The highest BCUT2D eigenvalue weighted by Crippen LogP contribution is 2.32. The van der Waals surface area contributed by atoms with Gasteiger partial charge in [0, 0.05) is 19.0 Å². The zero-order valence-electron chi connectivity index (χ0n) is 16.2. The maximum Gasteiger partial charge on any atom is 0.232 e. The minimum Gasteiger partial charge on any atom is -0.392 e. The average molecular weight is 395 g/mol. The fourth-order valence-corrected chi connectivity index (χ4v) is 3.53. The summed E-state index contributed by atoms with van der Waals surface area (Å²) in [6.07, 6.45) is 5.08. The van der Waals surface area contributed by atoms with E-state index in [0.717, 1.165) is 17.4 Å². The number of sulfonamides is 1. The lowest BCUT2D eigenvalue weighted by molar-refractivity contribution is 0.333. The van der Waals surface area contributed by atoms with Crippen molar-refractivity contribution < 1.29 is 17.9 Å². The number of rotatable bonds is 4. The first kappa shape index (κ1) is 21.3. The van der Waals surface area contributed by atoms with Crippen molar-refractivity contribution in [1.82, 2.24) is 4.31 Å². The molecule has 0 atom stereocenters. The van der Waals surface area contributed by atoms with Crippen molar-refractivity contribution in [3.8, 4) is 0 Å². The number of allylic oxidation sites excluding steroid dienone is 2. The summed E-state index contributed by atoms with van der Waals surface area (Å²) in [6, 6.07) is 6.14. The molecule has 0 saturated carbocycles. The predicted molar refractivity (Wildman–Crippen MR) is 107 cm³/mol. The Morgan fingerprint density at radius 2 is 1.89 bits per heavy atom. The van der Waals surface area contributed by atoms with Crippen LogP contribution < -0.4 is 0 Å². The number of hydrogen-bond donors (Lipinski definition) is 1. The minimum absolute atomic E-state index is 0.0305. The smallest absolute Gasteiger partial charge is 0.232 e. The second-order valence-corrected chi connectivity index (χ2v) is 8.97. The fraction of sp³-hybridized carbons (Fsp3) is 0.450. The van der Waals surface area contributed by atoms with Crippen molar-refractivity contribution in [2.24, 2.45) is 10.9 Å². The zero-order chi connectivity index (χ0) is 20.2. The highest BCUT2D eigenvalue weighted by Gasteiger charge is 2.22. The lowest BCUT2D eigenvalue weighted by Crippen LogP contribution is -2.32. The molecule has 0 radical (unpaired) electrons. The minimum atomic E-state index is -3.43. The van der Waals surface area contributed by atoms with E-state index in [0.29, 0.717) is 36.4 Å². The fourth-order valence-electron chi connectivity index (χ4n) is 3.01. The second-order valence-electron chi connectivity index (χ2n) is 6.95. The molecule has 2 rings (SSSR count).